The van der Waals surface area contributed by atoms with Gasteiger partial charge in [-0.2, -0.15) is 0 Å². The molecule has 0 aromatic heterocycles. The summed E-state index contributed by atoms with van der Waals surface area (Å²) in [5.41, 5.74) is 0.579. The molecule has 0 aliphatic rings. The minimum absolute atomic E-state index is 0.382. The van der Waals surface area contributed by atoms with Gasteiger partial charge in [-0.15, -0.1) is 0 Å². The van der Waals surface area contributed by atoms with Crippen molar-refractivity contribution in [3.63, 3.8) is 0 Å². The molecule has 0 fully saturated rings. The van der Waals surface area contributed by atoms with E-state index in [1.54, 1.807) is 12.1 Å². The van der Waals surface area contributed by atoms with E-state index in [1.165, 1.54) is 5.19 Å². The molecule has 0 spiro atoms. The zero-order chi connectivity index (χ0) is 9.14. The molecule has 0 saturated carbocycles. The van der Waals surface area contributed by atoms with E-state index in [9.17, 15) is 4.79 Å². The molecule has 0 heterocycles. The van der Waals surface area contributed by atoms with Gasteiger partial charge in [0.15, 0.2) is 0 Å². The van der Waals surface area contributed by atoms with E-state index in [4.69, 9.17) is 11.6 Å². The summed E-state index contributed by atoms with van der Waals surface area (Å²) in [5, 5.41) is 0.976. The van der Waals surface area contributed by atoms with E-state index < -0.39 is 8.80 Å². The van der Waals surface area contributed by atoms with Gasteiger partial charge < -0.3 is 0 Å². The normalized spacial score (nSPS) is 10.3. The summed E-state index contributed by atoms with van der Waals surface area (Å²) in [6.07, 6.45) is 0. The average Bonchev–Trinajstić information content (AvgIpc) is 2.04. The van der Waals surface area contributed by atoms with Crippen molar-refractivity contribution in [1.82, 2.24) is 0 Å². The monoisotopic (exact) mass is 198 g/mol. The standard InChI is InChI=1S/C9H11ClOSi/c1-12(2)8-5-3-7(4-6-8)9(10)11/h3-6,12H,1-2H3. The van der Waals surface area contributed by atoms with Crippen LogP contribution in [0.2, 0.25) is 13.1 Å². The second kappa shape index (κ2) is 3.87. The van der Waals surface area contributed by atoms with Gasteiger partial charge in [-0.25, -0.2) is 0 Å². The maximum atomic E-state index is 10.7. The number of rotatable bonds is 2. The van der Waals surface area contributed by atoms with Crippen molar-refractivity contribution < 1.29 is 4.79 Å². The van der Waals surface area contributed by atoms with Crippen molar-refractivity contribution in [1.29, 1.82) is 0 Å². The number of hydrogen-bond acceptors (Lipinski definition) is 1. The molecule has 1 aromatic carbocycles. The molecule has 0 bridgehead atoms. The molecular formula is C9H11ClOSi. The van der Waals surface area contributed by atoms with Crippen LogP contribution in [0.25, 0.3) is 0 Å². The number of halogens is 1. The fraction of sp³-hybridized carbons (Fsp3) is 0.222. The van der Waals surface area contributed by atoms with Gasteiger partial charge in [0.05, 0.1) is 8.80 Å². The summed E-state index contributed by atoms with van der Waals surface area (Å²) >= 11 is 5.31. The lowest BCUT2D eigenvalue weighted by Crippen LogP contribution is -2.22. The first-order valence-corrected chi connectivity index (χ1v) is 7.17. The molecule has 3 heteroatoms. The number of carbonyl (C=O) groups is 1. The third kappa shape index (κ3) is 2.19. The van der Waals surface area contributed by atoms with Crippen LogP contribution >= 0.6 is 11.6 Å². The maximum absolute atomic E-state index is 10.7. The van der Waals surface area contributed by atoms with Crippen LogP contribution in [0, 0.1) is 0 Å². The van der Waals surface area contributed by atoms with Gasteiger partial charge in [0, 0.05) is 5.56 Å². The highest BCUT2D eigenvalue weighted by Gasteiger charge is 2.03. The first-order valence-electron chi connectivity index (χ1n) is 3.91. The predicted molar refractivity (Wildman–Crippen MR) is 55.1 cm³/mol. The molecule has 0 N–H and O–H groups in total. The molecule has 12 heavy (non-hydrogen) atoms. The Kier molecular flexibility index (Phi) is 3.06. The summed E-state index contributed by atoms with van der Waals surface area (Å²) in [5.74, 6) is 0. The van der Waals surface area contributed by atoms with Crippen LogP contribution in [-0.4, -0.2) is 14.0 Å². The Hall–Kier alpha value is -0.603. The van der Waals surface area contributed by atoms with E-state index in [2.05, 4.69) is 13.1 Å². The summed E-state index contributed by atoms with van der Waals surface area (Å²) in [6.45, 7) is 4.50. The Balaban J connectivity index is 2.93. The SMILES string of the molecule is C[SiH](C)c1ccc(C(=O)Cl)cc1. The largest absolute Gasteiger partial charge is 0.276 e. The molecule has 0 amide bonds. The van der Waals surface area contributed by atoms with Crippen molar-refractivity contribution >= 4 is 30.8 Å². The minimum Gasteiger partial charge on any atom is -0.276 e. The first kappa shape index (κ1) is 9.48. The fourth-order valence-corrected chi connectivity index (χ4v) is 2.09. The van der Waals surface area contributed by atoms with E-state index in [1.807, 2.05) is 12.1 Å². The molecule has 64 valence electrons. The molecule has 1 aromatic rings. The Morgan fingerprint density at radius 2 is 1.75 bits per heavy atom. The van der Waals surface area contributed by atoms with Crippen LogP contribution in [-0.2, 0) is 0 Å². The second-order valence-corrected chi connectivity index (χ2v) is 6.37. The van der Waals surface area contributed by atoms with Crippen LogP contribution in [0.1, 0.15) is 10.4 Å². The fourth-order valence-electron chi connectivity index (χ4n) is 0.999. The number of hydrogen-bond donors (Lipinski definition) is 0. The highest BCUT2D eigenvalue weighted by molar-refractivity contribution is 6.71. The lowest BCUT2D eigenvalue weighted by molar-refractivity contribution is 0.108. The molecule has 0 aliphatic carbocycles. The number of benzene rings is 1. The molecule has 0 atom stereocenters. The third-order valence-electron chi connectivity index (χ3n) is 1.80. The lowest BCUT2D eigenvalue weighted by Gasteiger charge is -2.02. The van der Waals surface area contributed by atoms with Crippen molar-refractivity contribution in [3.05, 3.63) is 29.8 Å². The van der Waals surface area contributed by atoms with Gasteiger partial charge in [-0.05, 0) is 11.6 Å². The summed E-state index contributed by atoms with van der Waals surface area (Å²) in [7, 11) is -0.735. The van der Waals surface area contributed by atoms with Gasteiger partial charge >= 0.3 is 0 Å². The highest BCUT2D eigenvalue weighted by Crippen LogP contribution is 2.01. The van der Waals surface area contributed by atoms with Crippen LogP contribution in [0.15, 0.2) is 24.3 Å². The Labute approximate surface area is 79.0 Å². The van der Waals surface area contributed by atoms with Crippen molar-refractivity contribution in [2.75, 3.05) is 0 Å². The molecule has 0 unspecified atom stereocenters. The van der Waals surface area contributed by atoms with Crippen LogP contribution in [0.4, 0.5) is 0 Å². The molecule has 0 saturated heterocycles. The van der Waals surface area contributed by atoms with Crippen molar-refractivity contribution in [3.8, 4) is 0 Å². The average molecular weight is 199 g/mol. The molecule has 1 rings (SSSR count). The van der Waals surface area contributed by atoms with Gasteiger partial charge in [0.25, 0.3) is 5.24 Å². The van der Waals surface area contributed by atoms with E-state index >= 15 is 0 Å². The Bertz CT molecular complexity index is 279. The minimum atomic E-state index is -0.735. The maximum Gasteiger partial charge on any atom is 0.252 e. The Morgan fingerprint density at radius 1 is 1.25 bits per heavy atom. The molecule has 0 aliphatic heterocycles. The topological polar surface area (TPSA) is 17.1 Å². The predicted octanol–water partition coefficient (Wildman–Crippen LogP) is 1.76. The van der Waals surface area contributed by atoms with Gasteiger partial charge in [-0.3, -0.25) is 4.79 Å². The summed E-state index contributed by atoms with van der Waals surface area (Å²) in [6, 6.07) is 7.56. The van der Waals surface area contributed by atoms with Crippen LogP contribution in [0.5, 0.6) is 0 Å². The zero-order valence-electron chi connectivity index (χ0n) is 7.17. The van der Waals surface area contributed by atoms with E-state index in [0.717, 1.165) is 0 Å². The van der Waals surface area contributed by atoms with Gasteiger partial charge in [-0.1, -0.05) is 42.5 Å². The van der Waals surface area contributed by atoms with E-state index in [-0.39, 0.29) is 5.24 Å². The molecule has 1 nitrogen and oxygen atoms in total. The lowest BCUT2D eigenvalue weighted by atomic mass is 10.2. The number of carbonyl (C=O) groups excluding carboxylic acids is 1. The highest BCUT2D eigenvalue weighted by atomic mass is 35.5. The zero-order valence-corrected chi connectivity index (χ0v) is 9.08. The first-order chi connectivity index (χ1) is 5.61. The Morgan fingerprint density at radius 3 is 2.08 bits per heavy atom. The van der Waals surface area contributed by atoms with Crippen LogP contribution in [0.3, 0.4) is 0 Å². The molecular weight excluding hydrogens is 188 g/mol. The van der Waals surface area contributed by atoms with Crippen molar-refractivity contribution in [2.45, 2.75) is 13.1 Å². The van der Waals surface area contributed by atoms with Crippen LogP contribution < -0.4 is 5.19 Å². The molecule has 0 radical (unpaired) electrons. The summed E-state index contributed by atoms with van der Waals surface area (Å²) < 4.78 is 0. The third-order valence-corrected chi connectivity index (χ3v) is 3.74. The smallest absolute Gasteiger partial charge is 0.252 e. The quantitative estimate of drug-likeness (QED) is 0.523. The van der Waals surface area contributed by atoms with E-state index in [0.29, 0.717) is 5.56 Å². The second-order valence-electron chi connectivity index (χ2n) is 3.05. The van der Waals surface area contributed by atoms with Crippen molar-refractivity contribution in [2.24, 2.45) is 0 Å². The van der Waals surface area contributed by atoms with Gasteiger partial charge in [0.1, 0.15) is 0 Å². The van der Waals surface area contributed by atoms with Gasteiger partial charge in [0.2, 0.25) is 0 Å². The summed E-state index contributed by atoms with van der Waals surface area (Å²) in [4.78, 5) is 10.7.